The smallest absolute Gasteiger partial charge is 0.322 e. The van der Waals surface area contributed by atoms with Crippen LogP contribution < -0.4 is 16.0 Å². The molecule has 1 unspecified atom stereocenters. The van der Waals surface area contributed by atoms with Gasteiger partial charge in [0.25, 0.3) is 0 Å². The van der Waals surface area contributed by atoms with Gasteiger partial charge in [-0.05, 0) is 32.7 Å². The molecule has 188 valence electrons. The van der Waals surface area contributed by atoms with Crippen LogP contribution in [0.4, 0.5) is 29.3 Å². The average Bonchev–Trinajstić information content (AvgIpc) is 3.55. The van der Waals surface area contributed by atoms with E-state index in [9.17, 15) is 22.8 Å². The molecule has 3 aliphatic rings. The van der Waals surface area contributed by atoms with E-state index in [0.29, 0.717) is 6.54 Å². The van der Waals surface area contributed by atoms with Crippen LogP contribution in [0, 0.1) is 17.5 Å². The van der Waals surface area contributed by atoms with Crippen LogP contribution in [-0.4, -0.2) is 69.3 Å². The van der Waals surface area contributed by atoms with Gasteiger partial charge in [0.2, 0.25) is 5.91 Å². The maximum Gasteiger partial charge on any atom is 0.322 e. The molecule has 2 aromatic rings. The lowest BCUT2D eigenvalue weighted by atomic mass is 10.1. The van der Waals surface area contributed by atoms with Crippen LogP contribution in [0.2, 0.25) is 0 Å². The van der Waals surface area contributed by atoms with Gasteiger partial charge in [0.05, 0.1) is 42.8 Å². The number of carbonyl (C=O) groups is 2. The second kappa shape index (κ2) is 9.06. The third-order valence-electron chi connectivity index (χ3n) is 7.31. The highest BCUT2D eigenvalue weighted by Gasteiger charge is 2.39. The predicted molar refractivity (Wildman–Crippen MR) is 122 cm³/mol. The molecule has 35 heavy (non-hydrogen) atoms. The summed E-state index contributed by atoms with van der Waals surface area (Å²) in [7, 11) is 0. The lowest BCUT2D eigenvalue weighted by Crippen LogP contribution is -2.47. The van der Waals surface area contributed by atoms with Gasteiger partial charge < -0.3 is 20.9 Å². The van der Waals surface area contributed by atoms with Gasteiger partial charge in [-0.15, -0.1) is 0 Å². The summed E-state index contributed by atoms with van der Waals surface area (Å²) in [5, 5.41) is 6.99. The van der Waals surface area contributed by atoms with Crippen LogP contribution in [0.25, 0.3) is 0 Å². The van der Waals surface area contributed by atoms with Crippen molar-refractivity contribution in [3.05, 3.63) is 41.5 Å². The fourth-order valence-electron chi connectivity index (χ4n) is 5.51. The maximum atomic E-state index is 13.6. The largest absolute Gasteiger partial charge is 0.368 e. The van der Waals surface area contributed by atoms with Gasteiger partial charge in [-0.1, -0.05) is 0 Å². The number of aromatic nitrogens is 2. The number of primary amides is 1. The molecule has 0 spiro atoms. The monoisotopic (exact) mass is 491 g/mol. The molecule has 3 atom stereocenters. The summed E-state index contributed by atoms with van der Waals surface area (Å²) in [6, 6.07) is 0.739. The van der Waals surface area contributed by atoms with Crippen LogP contribution >= 0.6 is 0 Å². The van der Waals surface area contributed by atoms with Crippen molar-refractivity contribution >= 4 is 23.3 Å². The van der Waals surface area contributed by atoms with E-state index in [0.717, 1.165) is 62.4 Å². The third kappa shape index (κ3) is 4.30. The van der Waals surface area contributed by atoms with Gasteiger partial charge >= 0.3 is 6.03 Å². The number of anilines is 2. The number of hydrogen-bond acceptors (Lipinski definition) is 5. The molecule has 5 rings (SSSR count). The summed E-state index contributed by atoms with van der Waals surface area (Å²) in [5.41, 5.74) is 7.23. The van der Waals surface area contributed by atoms with Gasteiger partial charge in [0, 0.05) is 37.0 Å². The van der Waals surface area contributed by atoms with E-state index in [1.54, 1.807) is 11.1 Å². The standard InChI is InChI=1S/C23H28F3N7O2/c1-13-10-33-20(12-32(13)23(35)29-14-7-16(24)21(26)17(25)8-14)19(9-28-33)30-6-4-15(11-30)31-5-2-3-18(31)22(27)34/h7-9,13,15,18H,2-6,10-12H2,1H3,(H2,27,34)(H,29,35)/t13-,15?,18-/m0/s1. The second-order valence-corrected chi connectivity index (χ2v) is 9.51. The number of nitrogens with zero attached hydrogens (tertiary/aromatic N) is 5. The Morgan fingerprint density at radius 2 is 1.86 bits per heavy atom. The molecule has 0 bridgehead atoms. The molecule has 3 aliphatic heterocycles. The molecule has 3 amide bonds. The van der Waals surface area contributed by atoms with E-state index < -0.39 is 23.5 Å². The van der Waals surface area contributed by atoms with Crippen LogP contribution in [0.3, 0.4) is 0 Å². The fraction of sp³-hybridized carbons (Fsp3) is 0.522. The quantitative estimate of drug-likeness (QED) is 0.640. The molecule has 1 aromatic carbocycles. The summed E-state index contributed by atoms with van der Waals surface area (Å²) in [6.45, 7) is 4.96. The summed E-state index contributed by atoms with van der Waals surface area (Å²) in [6.07, 6.45) is 4.44. The number of nitrogens with two attached hydrogens (primary N) is 1. The lowest BCUT2D eigenvalue weighted by Gasteiger charge is -2.35. The first-order valence-electron chi connectivity index (χ1n) is 11.8. The number of urea groups is 1. The number of hydrogen-bond donors (Lipinski definition) is 2. The summed E-state index contributed by atoms with van der Waals surface area (Å²) < 4.78 is 42.3. The Morgan fingerprint density at radius 3 is 2.57 bits per heavy atom. The third-order valence-corrected chi connectivity index (χ3v) is 7.31. The Labute approximate surface area is 200 Å². The molecule has 9 nitrogen and oxygen atoms in total. The summed E-state index contributed by atoms with van der Waals surface area (Å²) in [5.74, 6) is -4.59. The number of fused-ring (bicyclic) bond motifs is 1. The number of nitrogens with one attached hydrogen (secondary N) is 1. The highest BCUT2D eigenvalue weighted by atomic mass is 19.2. The Kier molecular flexibility index (Phi) is 6.07. The van der Waals surface area contributed by atoms with E-state index in [1.165, 1.54) is 0 Å². The van der Waals surface area contributed by atoms with Crippen molar-refractivity contribution in [2.24, 2.45) is 5.73 Å². The summed E-state index contributed by atoms with van der Waals surface area (Å²) in [4.78, 5) is 30.8. The number of amides is 3. The highest BCUT2D eigenvalue weighted by molar-refractivity contribution is 5.89. The molecular weight excluding hydrogens is 463 g/mol. The summed E-state index contributed by atoms with van der Waals surface area (Å²) >= 11 is 0. The zero-order valence-corrected chi connectivity index (χ0v) is 19.4. The second-order valence-electron chi connectivity index (χ2n) is 9.51. The van der Waals surface area contributed by atoms with Crippen LogP contribution in [-0.2, 0) is 17.9 Å². The van der Waals surface area contributed by atoms with E-state index in [-0.39, 0.29) is 36.3 Å². The Morgan fingerprint density at radius 1 is 1.11 bits per heavy atom. The fourth-order valence-corrected chi connectivity index (χ4v) is 5.51. The molecule has 2 fully saturated rings. The molecule has 2 saturated heterocycles. The molecule has 4 heterocycles. The van der Waals surface area contributed by atoms with Crippen molar-refractivity contribution in [2.75, 3.05) is 29.9 Å². The van der Waals surface area contributed by atoms with E-state index in [2.05, 4.69) is 20.2 Å². The highest BCUT2D eigenvalue weighted by Crippen LogP contribution is 2.33. The first-order chi connectivity index (χ1) is 16.7. The number of likely N-dealkylation sites (tertiary alicyclic amines) is 1. The van der Waals surface area contributed by atoms with Crippen molar-refractivity contribution in [2.45, 2.75) is 57.4 Å². The molecule has 0 radical (unpaired) electrons. The number of halogens is 3. The number of rotatable bonds is 4. The minimum atomic E-state index is -1.58. The number of carbonyl (C=O) groups excluding carboxylic acids is 2. The minimum absolute atomic E-state index is 0.157. The number of benzene rings is 1. The molecule has 3 N–H and O–H groups in total. The molecule has 0 saturated carbocycles. The molecular formula is C23H28F3N7O2. The Hall–Kier alpha value is -3.28. The van der Waals surface area contributed by atoms with Gasteiger partial charge in [0.1, 0.15) is 0 Å². The van der Waals surface area contributed by atoms with Crippen molar-refractivity contribution in [1.29, 1.82) is 0 Å². The molecule has 0 aliphatic carbocycles. The molecule has 1 aromatic heterocycles. The van der Waals surface area contributed by atoms with Gasteiger partial charge in [-0.25, -0.2) is 18.0 Å². The Balaban J connectivity index is 1.30. The van der Waals surface area contributed by atoms with Gasteiger partial charge in [0.15, 0.2) is 17.5 Å². The minimum Gasteiger partial charge on any atom is -0.368 e. The van der Waals surface area contributed by atoms with Crippen molar-refractivity contribution in [3.8, 4) is 0 Å². The van der Waals surface area contributed by atoms with Crippen LogP contribution in [0.5, 0.6) is 0 Å². The zero-order valence-electron chi connectivity index (χ0n) is 19.4. The molecule has 12 heteroatoms. The van der Waals surface area contributed by atoms with Crippen LogP contribution in [0.1, 0.15) is 31.9 Å². The van der Waals surface area contributed by atoms with E-state index in [1.807, 2.05) is 11.6 Å². The van der Waals surface area contributed by atoms with E-state index >= 15 is 0 Å². The zero-order chi connectivity index (χ0) is 24.9. The first kappa shape index (κ1) is 23.5. The van der Waals surface area contributed by atoms with Crippen LogP contribution in [0.15, 0.2) is 18.3 Å². The van der Waals surface area contributed by atoms with Gasteiger partial charge in [-0.2, -0.15) is 5.10 Å². The SMILES string of the molecule is C[C@H]1Cn2ncc(N3CCC(N4CCC[C@H]4C(N)=O)C3)c2CN1C(=O)Nc1cc(F)c(F)c(F)c1. The van der Waals surface area contributed by atoms with Crippen molar-refractivity contribution in [1.82, 2.24) is 19.6 Å². The average molecular weight is 492 g/mol. The van der Waals surface area contributed by atoms with Gasteiger partial charge in [-0.3, -0.25) is 14.4 Å². The predicted octanol–water partition coefficient (Wildman–Crippen LogP) is 2.26. The van der Waals surface area contributed by atoms with Crippen molar-refractivity contribution in [3.63, 3.8) is 0 Å². The Bertz CT molecular complexity index is 1130. The van der Waals surface area contributed by atoms with E-state index in [4.69, 9.17) is 5.73 Å². The normalized spacial score (nSPS) is 24.6. The topological polar surface area (TPSA) is 99.7 Å². The maximum absolute atomic E-state index is 13.6. The van der Waals surface area contributed by atoms with Crippen molar-refractivity contribution < 1.29 is 22.8 Å². The lowest BCUT2D eigenvalue weighted by molar-refractivity contribution is -0.122. The first-order valence-corrected chi connectivity index (χ1v) is 11.8.